The average molecular weight is 355 g/mol. The molecule has 0 amide bonds. The van der Waals surface area contributed by atoms with E-state index >= 15 is 0 Å². The lowest BCUT2D eigenvalue weighted by Gasteiger charge is -2.05. The summed E-state index contributed by atoms with van der Waals surface area (Å²) in [6, 6.07) is 12.9. The summed E-state index contributed by atoms with van der Waals surface area (Å²) in [5, 5.41) is 17.4. The monoisotopic (exact) mass is 354 g/mol. The molecular weight excluding hydrogens is 340 g/mol. The van der Waals surface area contributed by atoms with E-state index in [1.165, 1.54) is 0 Å². The molecule has 2 heterocycles. The van der Waals surface area contributed by atoms with Gasteiger partial charge in [0.25, 0.3) is 0 Å². The summed E-state index contributed by atoms with van der Waals surface area (Å²) in [5.41, 5.74) is 4.81. The van der Waals surface area contributed by atoms with Crippen LogP contribution in [0.2, 0.25) is 5.02 Å². The molecule has 0 aliphatic heterocycles. The first-order chi connectivity index (χ1) is 12.2. The number of benzene rings is 2. The van der Waals surface area contributed by atoms with Crippen molar-refractivity contribution in [1.82, 2.24) is 20.2 Å². The van der Waals surface area contributed by atoms with Crippen LogP contribution >= 0.6 is 11.6 Å². The second kappa shape index (κ2) is 6.23. The van der Waals surface area contributed by atoms with Gasteiger partial charge in [0.1, 0.15) is 11.4 Å². The van der Waals surface area contributed by atoms with E-state index in [0.717, 1.165) is 33.5 Å². The topological polar surface area (TPSA) is 86.8 Å². The number of halogens is 1. The number of imidazole rings is 1. The van der Waals surface area contributed by atoms with Crippen LogP contribution in [-0.4, -0.2) is 32.4 Å². The second-order valence-electron chi connectivity index (χ2n) is 5.64. The molecule has 4 rings (SSSR count). The lowest BCUT2D eigenvalue weighted by atomic mass is 10.1. The molecule has 0 aliphatic carbocycles. The molecule has 0 saturated heterocycles. The number of aliphatic hydroxyl groups excluding tert-OH is 1. The molecule has 0 spiro atoms. The van der Waals surface area contributed by atoms with Gasteiger partial charge in [-0.05, 0) is 48.0 Å². The minimum atomic E-state index is -0.0637. The van der Waals surface area contributed by atoms with E-state index < -0.39 is 0 Å². The second-order valence-corrected chi connectivity index (χ2v) is 6.08. The van der Waals surface area contributed by atoms with Crippen LogP contribution in [0.4, 0.5) is 0 Å². The van der Waals surface area contributed by atoms with Gasteiger partial charge in [-0.2, -0.15) is 5.10 Å². The Labute approximate surface area is 148 Å². The molecule has 2 aromatic carbocycles. The maximum absolute atomic E-state index is 9.41. The minimum Gasteiger partial charge on any atom is -0.497 e. The molecular formula is C18H15ClN4O2. The summed E-state index contributed by atoms with van der Waals surface area (Å²) in [6.07, 6.45) is 0. The molecule has 0 unspecified atom stereocenters. The fourth-order valence-electron chi connectivity index (χ4n) is 2.72. The molecule has 0 saturated carbocycles. The van der Waals surface area contributed by atoms with Crippen molar-refractivity contribution in [2.24, 2.45) is 0 Å². The van der Waals surface area contributed by atoms with Crippen LogP contribution in [0.25, 0.3) is 33.8 Å². The number of hydrogen-bond acceptors (Lipinski definition) is 4. The third-order valence-electron chi connectivity index (χ3n) is 3.96. The van der Waals surface area contributed by atoms with Crippen molar-refractivity contribution in [2.75, 3.05) is 7.11 Å². The molecule has 25 heavy (non-hydrogen) atoms. The quantitative estimate of drug-likeness (QED) is 0.520. The first-order valence-electron chi connectivity index (χ1n) is 7.66. The van der Waals surface area contributed by atoms with Crippen molar-refractivity contribution in [3.63, 3.8) is 0 Å². The Kier molecular flexibility index (Phi) is 3.91. The number of nitrogens with one attached hydrogen (secondary N) is 2. The number of nitrogens with zero attached hydrogens (tertiary/aromatic N) is 2. The number of aromatic amines is 2. The largest absolute Gasteiger partial charge is 0.497 e. The van der Waals surface area contributed by atoms with Crippen molar-refractivity contribution in [3.05, 3.63) is 53.1 Å². The van der Waals surface area contributed by atoms with Gasteiger partial charge in [-0.25, -0.2) is 4.98 Å². The van der Waals surface area contributed by atoms with E-state index in [9.17, 15) is 5.11 Å². The van der Waals surface area contributed by atoms with E-state index in [1.54, 1.807) is 19.2 Å². The lowest BCUT2D eigenvalue weighted by Crippen LogP contribution is -1.90. The van der Waals surface area contributed by atoms with E-state index in [-0.39, 0.29) is 6.61 Å². The minimum absolute atomic E-state index is 0.0637. The highest BCUT2D eigenvalue weighted by atomic mass is 35.5. The molecule has 0 bridgehead atoms. The van der Waals surface area contributed by atoms with Crippen molar-refractivity contribution in [2.45, 2.75) is 6.61 Å². The van der Waals surface area contributed by atoms with E-state index in [4.69, 9.17) is 16.3 Å². The first kappa shape index (κ1) is 15.7. The highest BCUT2D eigenvalue weighted by Crippen LogP contribution is 2.28. The highest BCUT2D eigenvalue weighted by molar-refractivity contribution is 6.31. The molecule has 0 aliphatic rings. The van der Waals surface area contributed by atoms with Crippen molar-refractivity contribution in [3.8, 4) is 28.5 Å². The van der Waals surface area contributed by atoms with Crippen LogP contribution in [0.3, 0.4) is 0 Å². The Balaban J connectivity index is 1.74. The summed E-state index contributed by atoms with van der Waals surface area (Å²) in [5.74, 6) is 1.35. The summed E-state index contributed by atoms with van der Waals surface area (Å²) in [7, 11) is 1.59. The van der Waals surface area contributed by atoms with Gasteiger partial charge in [-0.3, -0.25) is 5.10 Å². The third-order valence-corrected chi connectivity index (χ3v) is 4.19. The molecule has 6 nitrogen and oxygen atoms in total. The van der Waals surface area contributed by atoms with Crippen LogP contribution in [0.1, 0.15) is 5.56 Å². The Hall–Kier alpha value is -2.83. The Bertz CT molecular complexity index is 1030. The predicted molar refractivity (Wildman–Crippen MR) is 96.6 cm³/mol. The number of rotatable bonds is 4. The number of aliphatic hydroxyl groups is 1. The predicted octanol–water partition coefficient (Wildman–Crippen LogP) is 3.77. The normalized spacial score (nSPS) is 11.2. The van der Waals surface area contributed by atoms with Gasteiger partial charge < -0.3 is 14.8 Å². The van der Waals surface area contributed by atoms with Crippen LogP contribution in [0, 0.1) is 0 Å². The van der Waals surface area contributed by atoms with Crippen molar-refractivity contribution in [1.29, 1.82) is 0 Å². The number of ether oxygens (including phenoxy) is 1. The average Bonchev–Trinajstić information content (AvgIpc) is 3.27. The van der Waals surface area contributed by atoms with Gasteiger partial charge in [0.15, 0.2) is 5.82 Å². The number of methoxy groups -OCH3 is 1. The highest BCUT2D eigenvalue weighted by Gasteiger charge is 2.12. The van der Waals surface area contributed by atoms with Crippen LogP contribution < -0.4 is 4.74 Å². The standard InChI is InChI=1S/C18H15ClN4O2/c1-25-13-5-10(9-24)4-11(6-13)15-8-17(23-22-15)18-20-14-3-2-12(19)7-16(14)21-18/h2-8,24H,9H2,1H3,(H,20,21)(H,22,23). The third kappa shape index (κ3) is 2.97. The zero-order valence-electron chi connectivity index (χ0n) is 13.4. The maximum Gasteiger partial charge on any atom is 0.156 e. The molecule has 0 radical (unpaired) electrons. The van der Waals surface area contributed by atoms with Gasteiger partial charge >= 0.3 is 0 Å². The summed E-state index contributed by atoms with van der Waals surface area (Å²) >= 11 is 6.01. The van der Waals surface area contributed by atoms with Gasteiger partial charge in [0.2, 0.25) is 0 Å². The number of aromatic nitrogens is 4. The maximum atomic E-state index is 9.41. The first-order valence-corrected chi connectivity index (χ1v) is 8.04. The van der Waals surface area contributed by atoms with E-state index in [2.05, 4.69) is 20.2 Å². The van der Waals surface area contributed by atoms with Crippen LogP contribution in [-0.2, 0) is 6.61 Å². The molecule has 3 N–H and O–H groups in total. The van der Waals surface area contributed by atoms with Gasteiger partial charge in [0.05, 0.1) is 30.4 Å². The zero-order valence-corrected chi connectivity index (χ0v) is 14.1. The summed E-state index contributed by atoms with van der Waals surface area (Å²) in [4.78, 5) is 7.78. The van der Waals surface area contributed by atoms with Gasteiger partial charge in [0, 0.05) is 10.6 Å². The number of H-pyrrole nitrogens is 2. The summed E-state index contributed by atoms with van der Waals surface area (Å²) < 4.78 is 5.28. The molecule has 126 valence electrons. The lowest BCUT2D eigenvalue weighted by molar-refractivity contribution is 0.281. The van der Waals surface area contributed by atoms with E-state index in [0.29, 0.717) is 16.6 Å². The molecule has 2 aromatic heterocycles. The number of fused-ring (bicyclic) bond motifs is 1. The zero-order chi connectivity index (χ0) is 17.4. The van der Waals surface area contributed by atoms with E-state index in [1.807, 2.05) is 30.3 Å². The van der Waals surface area contributed by atoms with Gasteiger partial charge in [-0.1, -0.05) is 11.6 Å². The Morgan fingerprint density at radius 2 is 2.04 bits per heavy atom. The molecule has 4 aromatic rings. The van der Waals surface area contributed by atoms with Crippen molar-refractivity contribution < 1.29 is 9.84 Å². The smallest absolute Gasteiger partial charge is 0.156 e. The Morgan fingerprint density at radius 1 is 1.16 bits per heavy atom. The molecule has 0 atom stereocenters. The molecule has 7 heteroatoms. The SMILES string of the molecule is COc1cc(CO)cc(-c2cc(-c3nc4ccc(Cl)cc4[nH]3)[nH]n2)c1. The van der Waals surface area contributed by atoms with Crippen molar-refractivity contribution >= 4 is 22.6 Å². The van der Waals surface area contributed by atoms with Crippen LogP contribution in [0.15, 0.2) is 42.5 Å². The fourth-order valence-corrected chi connectivity index (χ4v) is 2.89. The van der Waals surface area contributed by atoms with Crippen LogP contribution in [0.5, 0.6) is 5.75 Å². The fraction of sp³-hybridized carbons (Fsp3) is 0.111. The summed E-state index contributed by atoms with van der Waals surface area (Å²) in [6.45, 7) is -0.0637. The number of hydrogen-bond donors (Lipinski definition) is 3. The van der Waals surface area contributed by atoms with Gasteiger partial charge in [-0.15, -0.1) is 0 Å². The Morgan fingerprint density at radius 3 is 2.84 bits per heavy atom. The molecule has 0 fully saturated rings.